The summed E-state index contributed by atoms with van der Waals surface area (Å²) in [5, 5.41) is 3.29. The molecule has 2 N–H and O–H groups in total. The topological polar surface area (TPSA) is 93.7 Å². The Bertz CT molecular complexity index is 1030. The summed E-state index contributed by atoms with van der Waals surface area (Å²) < 4.78 is 35.9. The molecule has 0 aromatic heterocycles. The van der Waals surface area contributed by atoms with Gasteiger partial charge in [-0.2, -0.15) is 0 Å². The van der Waals surface area contributed by atoms with Crippen molar-refractivity contribution < 1.29 is 22.7 Å². The van der Waals surface area contributed by atoms with Crippen molar-refractivity contribution in [2.75, 3.05) is 30.0 Å². The van der Waals surface area contributed by atoms with Gasteiger partial charge in [0.15, 0.2) is 0 Å². The highest BCUT2D eigenvalue weighted by atomic mass is 35.5. The first-order valence-corrected chi connectivity index (χ1v) is 10.1. The van der Waals surface area contributed by atoms with Gasteiger partial charge in [-0.3, -0.25) is 9.52 Å². The second-order valence-electron chi connectivity index (χ2n) is 5.88. The van der Waals surface area contributed by atoms with Gasteiger partial charge in [0.2, 0.25) is 10.0 Å². The maximum atomic E-state index is 12.5. The molecule has 0 saturated heterocycles. The lowest BCUT2D eigenvalue weighted by Gasteiger charge is -2.18. The Morgan fingerprint density at radius 3 is 2.70 bits per heavy atom. The zero-order chi connectivity index (χ0) is 19.6. The fourth-order valence-corrected chi connectivity index (χ4v) is 3.29. The number of ether oxygens (including phenoxy) is 2. The predicted octanol–water partition coefficient (Wildman–Crippen LogP) is 3.13. The Balaban J connectivity index is 1.80. The van der Waals surface area contributed by atoms with Crippen LogP contribution in [0.15, 0.2) is 42.0 Å². The molecule has 1 aliphatic heterocycles. The average Bonchev–Trinajstić information content (AvgIpc) is 2.61. The minimum Gasteiger partial charge on any atom is -0.494 e. The number of hydrogen-bond acceptors (Lipinski definition) is 5. The van der Waals surface area contributed by atoms with Crippen molar-refractivity contribution in [2.24, 2.45) is 0 Å². The lowest BCUT2D eigenvalue weighted by Crippen LogP contribution is -2.21. The molecule has 0 radical (unpaired) electrons. The van der Waals surface area contributed by atoms with Crippen LogP contribution in [0.3, 0.4) is 0 Å². The molecule has 2 aromatic carbocycles. The van der Waals surface area contributed by atoms with Crippen LogP contribution < -0.4 is 19.5 Å². The zero-order valence-electron chi connectivity index (χ0n) is 14.6. The van der Waals surface area contributed by atoms with Gasteiger partial charge in [-0.15, -0.1) is 0 Å². The van der Waals surface area contributed by atoms with Crippen LogP contribution in [0, 0.1) is 0 Å². The standard InChI is InChI=1S/C18H17ClN2O5S/c1-25-17-9-14(4-5-15(17)21-27(2,23)24)20-18(22)12-7-11-8-13(19)3-6-16(11)26-10-12/h3-9,21H,10H2,1-2H3,(H,20,22). The van der Waals surface area contributed by atoms with Crippen LogP contribution in [0.25, 0.3) is 6.08 Å². The first kappa shape index (κ1) is 19.1. The van der Waals surface area contributed by atoms with Gasteiger partial charge >= 0.3 is 0 Å². The molecule has 0 spiro atoms. The smallest absolute Gasteiger partial charge is 0.255 e. The van der Waals surface area contributed by atoms with Gasteiger partial charge in [0.05, 0.1) is 24.6 Å². The number of fused-ring (bicyclic) bond motifs is 1. The van der Waals surface area contributed by atoms with Gasteiger partial charge in [0.1, 0.15) is 18.1 Å². The van der Waals surface area contributed by atoms with E-state index in [1.54, 1.807) is 30.3 Å². The van der Waals surface area contributed by atoms with Crippen molar-refractivity contribution in [1.29, 1.82) is 0 Å². The second kappa shape index (κ2) is 7.50. The van der Waals surface area contributed by atoms with Crippen LogP contribution in [0.1, 0.15) is 5.56 Å². The van der Waals surface area contributed by atoms with Gasteiger partial charge in [0, 0.05) is 22.3 Å². The molecule has 1 amide bonds. The number of carbonyl (C=O) groups excluding carboxylic acids is 1. The van der Waals surface area contributed by atoms with Crippen molar-refractivity contribution in [3.05, 3.63) is 52.6 Å². The quantitative estimate of drug-likeness (QED) is 0.792. The van der Waals surface area contributed by atoms with E-state index in [9.17, 15) is 13.2 Å². The molecule has 1 aliphatic rings. The SMILES string of the molecule is COc1cc(NC(=O)C2=Cc3cc(Cl)ccc3OC2)ccc1NS(C)(=O)=O. The van der Waals surface area contributed by atoms with Gasteiger partial charge < -0.3 is 14.8 Å². The maximum Gasteiger partial charge on any atom is 0.255 e. The van der Waals surface area contributed by atoms with Crippen molar-refractivity contribution in [2.45, 2.75) is 0 Å². The molecular weight excluding hydrogens is 392 g/mol. The minimum atomic E-state index is -3.45. The Morgan fingerprint density at radius 1 is 1.22 bits per heavy atom. The lowest BCUT2D eigenvalue weighted by molar-refractivity contribution is -0.113. The molecule has 0 saturated carbocycles. The van der Waals surface area contributed by atoms with Crippen LogP contribution >= 0.6 is 11.6 Å². The number of methoxy groups -OCH3 is 1. The number of amides is 1. The summed E-state index contributed by atoms with van der Waals surface area (Å²) in [6, 6.07) is 9.80. The van der Waals surface area contributed by atoms with E-state index in [4.69, 9.17) is 21.1 Å². The van der Waals surface area contributed by atoms with E-state index in [1.807, 2.05) is 0 Å². The maximum absolute atomic E-state index is 12.5. The molecule has 0 unspecified atom stereocenters. The van der Waals surface area contributed by atoms with E-state index in [0.717, 1.165) is 11.8 Å². The van der Waals surface area contributed by atoms with E-state index < -0.39 is 10.0 Å². The van der Waals surface area contributed by atoms with Crippen molar-refractivity contribution in [1.82, 2.24) is 0 Å². The number of rotatable bonds is 5. The van der Waals surface area contributed by atoms with Crippen molar-refractivity contribution in [3.8, 4) is 11.5 Å². The number of halogens is 1. The summed E-state index contributed by atoms with van der Waals surface area (Å²) in [4.78, 5) is 12.5. The molecule has 27 heavy (non-hydrogen) atoms. The van der Waals surface area contributed by atoms with Crippen molar-refractivity contribution >= 4 is 45.0 Å². The first-order chi connectivity index (χ1) is 12.7. The number of sulfonamides is 1. The number of hydrogen-bond donors (Lipinski definition) is 2. The van der Waals surface area contributed by atoms with Gasteiger partial charge in [-0.25, -0.2) is 8.42 Å². The van der Waals surface area contributed by atoms with Crippen LogP contribution in [-0.4, -0.2) is 34.3 Å². The van der Waals surface area contributed by atoms with E-state index in [2.05, 4.69) is 10.0 Å². The largest absolute Gasteiger partial charge is 0.494 e. The summed E-state index contributed by atoms with van der Waals surface area (Å²) in [6.45, 7) is 0.130. The summed E-state index contributed by atoms with van der Waals surface area (Å²) in [5.74, 6) is 0.601. The summed E-state index contributed by atoms with van der Waals surface area (Å²) in [6.07, 6.45) is 2.76. The predicted molar refractivity (Wildman–Crippen MR) is 105 cm³/mol. The van der Waals surface area contributed by atoms with Crippen LogP contribution in [0.5, 0.6) is 11.5 Å². The molecule has 0 bridgehead atoms. The number of nitrogens with one attached hydrogen (secondary N) is 2. The highest BCUT2D eigenvalue weighted by Crippen LogP contribution is 2.31. The van der Waals surface area contributed by atoms with E-state index in [1.165, 1.54) is 19.2 Å². The molecular formula is C18H17ClN2O5S. The van der Waals surface area contributed by atoms with Crippen LogP contribution in [0.2, 0.25) is 5.02 Å². The highest BCUT2D eigenvalue weighted by Gasteiger charge is 2.18. The van der Waals surface area contributed by atoms with Crippen LogP contribution in [-0.2, 0) is 14.8 Å². The van der Waals surface area contributed by atoms with Gasteiger partial charge in [0.25, 0.3) is 5.91 Å². The average molecular weight is 409 g/mol. The molecule has 3 rings (SSSR count). The Hall–Kier alpha value is -2.71. The fraction of sp³-hybridized carbons (Fsp3) is 0.167. The zero-order valence-corrected chi connectivity index (χ0v) is 16.1. The molecule has 2 aromatic rings. The molecule has 1 heterocycles. The molecule has 0 fully saturated rings. The van der Waals surface area contributed by atoms with Crippen LogP contribution in [0.4, 0.5) is 11.4 Å². The first-order valence-electron chi connectivity index (χ1n) is 7.85. The summed E-state index contributed by atoms with van der Waals surface area (Å²) >= 11 is 5.98. The van der Waals surface area contributed by atoms with Gasteiger partial charge in [-0.1, -0.05) is 11.6 Å². The third-order valence-corrected chi connectivity index (χ3v) is 4.56. The number of benzene rings is 2. The Labute approximate surface area is 162 Å². The second-order valence-corrected chi connectivity index (χ2v) is 8.07. The lowest BCUT2D eigenvalue weighted by atomic mass is 10.1. The molecule has 7 nitrogen and oxygen atoms in total. The number of anilines is 2. The highest BCUT2D eigenvalue weighted by molar-refractivity contribution is 7.92. The third kappa shape index (κ3) is 4.72. The Morgan fingerprint density at radius 2 is 2.00 bits per heavy atom. The van der Waals surface area contributed by atoms with E-state index >= 15 is 0 Å². The summed E-state index contributed by atoms with van der Waals surface area (Å²) in [7, 11) is -2.04. The molecule has 0 atom stereocenters. The molecule has 142 valence electrons. The number of carbonyl (C=O) groups is 1. The molecule has 0 aliphatic carbocycles. The van der Waals surface area contributed by atoms with Crippen molar-refractivity contribution in [3.63, 3.8) is 0 Å². The molecule has 9 heteroatoms. The third-order valence-electron chi connectivity index (χ3n) is 3.73. The minimum absolute atomic E-state index is 0.130. The summed E-state index contributed by atoms with van der Waals surface area (Å²) in [5.41, 5.74) is 1.89. The monoisotopic (exact) mass is 408 g/mol. The Kier molecular flexibility index (Phi) is 5.29. The van der Waals surface area contributed by atoms with E-state index in [0.29, 0.717) is 22.0 Å². The fourth-order valence-electron chi connectivity index (χ4n) is 2.54. The van der Waals surface area contributed by atoms with E-state index in [-0.39, 0.29) is 24.0 Å². The normalized spacial score (nSPS) is 13.1. The van der Waals surface area contributed by atoms with Gasteiger partial charge in [-0.05, 0) is 36.4 Å².